The zero-order chi connectivity index (χ0) is 24.8. The monoisotopic (exact) mass is 470 g/mol. The van der Waals surface area contributed by atoms with Crippen molar-refractivity contribution in [2.75, 3.05) is 40.8 Å². The molecule has 1 atom stereocenters. The lowest BCUT2D eigenvalue weighted by molar-refractivity contribution is -0.0401. The van der Waals surface area contributed by atoms with E-state index in [9.17, 15) is 9.59 Å². The summed E-state index contributed by atoms with van der Waals surface area (Å²) in [5.74, 6) is 1.22. The van der Waals surface area contributed by atoms with Gasteiger partial charge in [0.05, 0.1) is 18.7 Å². The van der Waals surface area contributed by atoms with E-state index < -0.39 is 12.1 Å². The molecule has 1 unspecified atom stereocenters. The molecule has 0 saturated carbocycles. The molecule has 186 valence electrons. The minimum Gasteiger partial charge on any atom is -0.455 e. The van der Waals surface area contributed by atoms with Gasteiger partial charge in [-0.1, -0.05) is 52.0 Å². The van der Waals surface area contributed by atoms with Crippen molar-refractivity contribution in [2.45, 2.75) is 46.1 Å². The predicted molar refractivity (Wildman–Crippen MR) is 133 cm³/mol. The van der Waals surface area contributed by atoms with Crippen LogP contribution in [0.1, 0.15) is 56.0 Å². The van der Waals surface area contributed by atoms with Crippen LogP contribution < -0.4 is 0 Å². The minimum atomic E-state index is -0.478. The van der Waals surface area contributed by atoms with Gasteiger partial charge in [0.25, 0.3) is 0 Å². The van der Waals surface area contributed by atoms with Gasteiger partial charge in [-0.2, -0.15) is 0 Å². The molecule has 7 nitrogen and oxygen atoms in total. The van der Waals surface area contributed by atoms with Gasteiger partial charge < -0.3 is 14.2 Å². The van der Waals surface area contributed by atoms with E-state index in [-0.39, 0.29) is 32.6 Å². The number of esters is 1. The van der Waals surface area contributed by atoms with Crippen LogP contribution >= 0.6 is 0 Å². The molecule has 2 amide bonds. The Hall–Kier alpha value is -2.64. The van der Waals surface area contributed by atoms with Crippen LogP contribution in [0.25, 0.3) is 10.8 Å². The highest BCUT2D eigenvalue weighted by molar-refractivity contribution is 5.95. The molecule has 2 aromatic rings. The predicted octanol–water partition coefficient (Wildman–Crippen LogP) is 5.10. The van der Waals surface area contributed by atoms with Crippen molar-refractivity contribution in [3.05, 3.63) is 47.5 Å². The summed E-state index contributed by atoms with van der Waals surface area (Å²) in [6.07, 6.45) is 0.648. The normalized spacial score (nSPS) is 16.1. The van der Waals surface area contributed by atoms with E-state index in [1.807, 2.05) is 12.1 Å². The average molecular weight is 471 g/mol. The van der Waals surface area contributed by atoms with Crippen molar-refractivity contribution >= 4 is 22.8 Å². The molecule has 34 heavy (non-hydrogen) atoms. The first-order valence-corrected chi connectivity index (χ1v) is 12.0. The second kappa shape index (κ2) is 11.7. The van der Waals surface area contributed by atoms with E-state index in [4.69, 9.17) is 14.2 Å². The molecule has 3 rings (SSSR count). The highest BCUT2D eigenvalue weighted by Gasteiger charge is 2.34. The molecule has 0 aromatic heterocycles. The van der Waals surface area contributed by atoms with Crippen LogP contribution in [-0.4, -0.2) is 68.7 Å². The van der Waals surface area contributed by atoms with Crippen molar-refractivity contribution in [1.82, 2.24) is 9.80 Å². The number of methoxy groups -OCH3 is 2. The third kappa shape index (κ3) is 6.27. The zero-order valence-electron chi connectivity index (χ0n) is 21.2. The summed E-state index contributed by atoms with van der Waals surface area (Å²) in [6.45, 7) is 9.84. The number of ether oxygens (including phenoxy) is 3. The Balaban J connectivity index is 1.80. The lowest BCUT2D eigenvalue weighted by atomic mass is 9.81. The summed E-state index contributed by atoms with van der Waals surface area (Å²) in [4.78, 5) is 28.6. The first-order valence-electron chi connectivity index (χ1n) is 12.0. The number of nitrogens with zero attached hydrogens (tertiary/aromatic N) is 2. The fraction of sp³-hybridized carbons (Fsp3) is 0.556. The quantitative estimate of drug-likeness (QED) is 0.452. The summed E-state index contributed by atoms with van der Waals surface area (Å²) in [7, 11) is 3.05. The largest absolute Gasteiger partial charge is 0.455 e. The van der Waals surface area contributed by atoms with E-state index in [1.54, 1.807) is 6.07 Å². The van der Waals surface area contributed by atoms with Crippen molar-refractivity contribution in [2.24, 2.45) is 11.8 Å². The second-order valence-electron chi connectivity index (χ2n) is 9.89. The van der Waals surface area contributed by atoms with E-state index in [0.717, 1.165) is 17.2 Å². The Morgan fingerprint density at radius 3 is 2.12 bits per heavy atom. The van der Waals surface area contributed by atoms with Gasteiger partial charge in [-0.3, -0.25) is 9.80 Å². The summed E-state index contributed by atoms with van der Waals surface area (Å²) in [5, 5.41) is 2.12. The van der Waals surface area contributed by atoms with E-state index >= 15 is 0 Å². The molecule has 0 N–H and O–H groups in total. The van der Waals surface area contributed by atoms with E-state index in [1.165, 1.54) is 29.6 Å². The molecular formula is C27H38N2O5. The summed E-state index contributed by atoms with van der Waals surface area (Å²) in [5.41, 5.74) is 1.81. The number of urea groups is 1. The summed E-state index contributed by atoms with van der Waals surface area (Å²) < 4.78 is 16.1. The average Bonchev–Trinajstić information content (AvgIpc) is 2.79. The summed E-state index contributed by atoms with van der Waals surface area (Å²) in [6, 6.07) is 12.0. The smallest absolute Gasteiger partial charge is 0.338 e. The summed E-state index contributed by atoms with van der Waals surface area (Å²) >= 11 is 0. The van der Waals surface area contributed by atoms with Crippen LogP contribution in [-0.2, 0) is 14.2 Å². The van der Waals surface area contributed by atoms with Crippen LogP contribution in [0.15, 0.2) is 36.4 Å². The van der Waals surface area contributed by atoms with Crippen LogP contribution in [0, 0.1) is 11.8 Å². The Morgan fingerprint density at radius 1 is 0.941 bits per heavy atom. The first-order chi connectivity index (χ1) is 16.2. The van der Waals surface area contributed by atoms with Gasteiger partial charge in [0.2, 0.25) is 0 Å². The molecule has 1 fully saturated rings. The lowest BCUT2D eigenvalue weighted by Gasteiger charge is -2.38. The first kappa shape index (κ1) is 26.0. The highest BCUT2D eigenvalue weighted by Crippen LogP contribution is 2.33. The third-order valence-electron chi connectivity index (χ3n) is 6.29. The molecule has 2 aromatic carbocycles. The number of carbonyl (C=O) groups is 2. The van der Waals surface area contributed by atoms with Gasteiger partial charge in [0, 0.05) is 14.2 Å². The number of fused-ring (bicyclic) bond motifs is 1. The molecule has 0 bridgehead atoms. The van der Waals surface area contributed by atoms with Gasteiger partial charge in [-0.05, 0) is 52.6 Å². The zero-order valence-corrected chi connectivity index (χ0v) is 21.2. The van der Waals surface area contributed by atoms with Crippen LogP contribution in [0.3, 0.4) is 0 Å². The fourth-order valence-corrected chi connectivity index (χ4v) is 4.65. The number of amides is 2. The molecule has 0 spiro atoms. The molecule has 1 heterocycles. The van der Waals surface area contributed by atoms with Crippen molar-refractivity contribution in [3.63, 3.8) is 0 Å². The maximum absolute atomic E-state index is 13.0. The Labute approximate surface area is 202 Å². The van der Waals surface area contributed by atoms with Gasteiger partial charge in [-0.25, -0.2) is 9.59 Å². The van der Waals surface area contributed by atoms with E-state index in [0.29, 0.717) is 23.3 Å². The van der Waals surface area contributed by atoms with Crippen LogP contribution in [0.5, 0.6) is 0 Å². The SMILES string of the molecule is COCN1CC(OC(=O)c2ccc3ccc(C(CC(C)C)C(C)C)cc3c2)CN(COC)C1=O. The van der Waals surface area contributed by atoms with Gasteiger partial charge >= 0.3 is 12.0 Å². The standard InChI is InChI=1S/C27H38N2O5/c1-18(2)11-25(19(3)4)21-9-7-20-8-10-22(13-23(20)12-21)26(30)34-24-14-28(16-32-5)27(31)29(15-24)17-33-6/h7-10,12-13,18-19,24-25H,11,14-17H2,1-6H3. The van der Waals surface area contributed by atoms with Crippen LogP contribution in [0.2, 0.25) is 0 Å². The maximum Gasteiger partial charge on any atom is 0.338 e. The number of hydrogen-bond acceptors (Lipinski definition) is 5. The van der Waals surface area contributed by atoms with Crippen LogP contribution in [0.4, 0.5) is 4.79 Å². The Kier molecular flexibility index (Phi) is 8.91. The molecule has 1 aliphatic rings. The highest BCUT2D eigenvalue weighted by atomic mass is 16.5. The second-order valence-corrected chi connectivity index (χ2v) is 9.89. The third-order valence-corrected chi connectivity index (χ3v) is 6.29. The number of benzene rings is 2. The Bertz CT molecular complexity index is 972. The minimum absolute atomic E-state index is 0.124. The molecule has 1 aliphatic heterocycles. The van der Waals surface area contributed by atoms with Crippen molar-refractivity contribution in [3.8, 4) is 0 Å². The maximum atomic E-state index is 13.0. The molecule has 7 heteroatoms. The molecule has 0 radical (unpaired) electrons. The topological polar surface area (TPSA) is 68.3 Å². The van der Waals surface area contributed by atoms with Gasteiger partial charge in [0.1, 0.15) is 19.6 Å². The lowest BCUT2D eigenvalue weighted by Crippen LogP contribution is -2.57. The number of carbonyl (C=O) groups excluding carboxylic acids is 2. The fourth-order valence-electron chi connectivity index (χ4n) is 4.65. The Morgan fingerprint density at radius 2 is 1.56 bits per heavy atom. The van der Waals surface area contributed by atoms with E-state index in [2.05, 4.69) is 45.9 Å². The number of hydrogen-bond donors (Lipinski definition) is 0. The van der Waals surface area contributed by atoms with Gasteiger partial charge in [0.15, 0.2) is 0 Å². The number of rotatable bonds is 10. The van der Waals surface area contributed by atoms with Crippen molar-refractivity contribution in [1.29, 1.82) is 0 Å². The molecule has 1 saturated heterocycles. The van der Waals surface area contributed by atoms with Crippen molar-refractivity contribution < 1.29 is 23.8 Å². The molecule has 0 aliphatic carbocycles. The van der Waals surface area contributed by atoms with Gasteiger partial charge in [-0.15, -0.1) is 0 Å². The molecular weight excluding hydrogens is 432 g/mol.